The molecular weight excluding hydrogens is 175 g/mol. The highest BCUT2D eigenvalue weighted by molar-refractivity contribution is 6.29. The van der Waals surface area contributed by atoms with E-state index in [1.807, 2.05) is 0 Å². The molecule has 0 aliphatic rings. The second-order valence-electron chi connectivity index (χ2n) is 1.56. The molecule has 0 saturated heterocycles. The maximum Gasteiger partial charge on any atom is 0.396 e. The summed E-state index contributed by atoms with van der Waals surface area (Å²) in [6.45, 7) is 0. The van der Waals surface area contributed by atoms with Crippen molar-refractivity contribution in [2.24, 2.45) is 0 Å². The Morgan fingerprint density at radius 1 is 1.50 bits per heavy atom. The molecule has 0 aromatic rings. The Hall–Kier alpha value is -0.320. The fraction of sp³-hybridized carbons (Fsp3) is 0.750. The molecule has 0 aromatic heterocycles. The van der Waals surface area contributed by atoms with E-state index in [9.17, 15) is 22.4 Å². The van der Waals surface area contributed by atoms with Crippen molar-refractivity contribution >= 4 is 17.4 Å². The van der Waals surface area contributed by atoms with Gasteiger partial charge in [-0.05, 0) is 0 Å². The predicted molar refractivity (Wildman–Crippen MR) is 26.4 cm³/mol. The lowest BCUT2D eigenvalue weighted by Gasteiger charge is -2.03. The topological polar surface area (TPSA) is 17.1 Å². The van der Waals surface area contributed by atoms with Crippen molar-refractivity contribution in [1.29, 1.82) is 0 Å². The lowest BCUT2D eigenvalue weighted by Crippen LogP contribution is -2.19. The van der Waals surface area contributed by atoms with Crippen molar-refractivity contribution in [2.75, 3.05) is 0 Å². The molecule has 1 unspecified atom stereocenters. The largest absolute Gasteiger partial charge is 0.396 e. The van der Waals surface area contributed by atoms with E-state index in [0.717, 1.165) is 0 Å². The van der Waals surface area contributed by atoms with Crippen molar-refractivity contribution in [1.82, 2.24) is 0 Å². The second kappa shape index (κ2) is 3.18. The van der Waals surface area contributed by atoms with Crippen LogP contribution in [0.5, 0.6) is 0 Å². The number of rotatable bonds is 2. The van der Waals surface area contributed by atoms with Crippen LogP contribution >= 0.6 is 11.6 Å². The van der Waals surface area contributed by atoms with Gasteiger partial charge in [0.2, 0.25) is 5.63 Å². The summed E-state index contributed by atoms with van der Waals surface area (Å²) in [6.07, 6.45) is -6.48. The molecule has 0 bridgehead atoms. The quantitative estimate of drug-likeness (QED) is 0.467. The summed E-state index contributed by atoms with van der Waals surface area (Å²) >= 11 is 4.42. The minimum absolute atomic E-state index is 1.66. The molecule has 0 rings (SSSR count). The Labute approximate surface area is 59.0 Å². The molecule has 0 radical (unpaired) electrons. The SMILES string of the molecule is O=C(CC(F)(F)F)C(F)Cl. The minimum Gasteiger partial charge on any atom is -0.295 e. The van der Waals surface area contributed by atoms with Crippen LogP contribution in [-0.2, 0) is 4.79 Å². The van der Waals surface area contributed by atoms with E-state index >= 15 is 0 Å². The van der Waals surface area contributed by atoms with E-state index < -0.39 is 24.0 Å². The molecular formula is C4H3ClF4O. The van der Waals surface area contributed by atoms with Gasteiger partial charge in [-0.25, -0.2) is 4.39 Å². The molecule has 60 valence electrons. The van der Waals surface area contributed by atoms with Crippen LogP contribution in [0.4, 0.5) is 17.6 Å². The van der Waals surface area contributed by atoms with Crippen LogP contribution in [-0.4, -0.2) is 17.6 Å². The Morgan fingerprint density at radius 2 is 1.90 bits per heavy atom. The van der Waals surface area contributed by atoms with E-state index in [1.165, 1.54) is 0 Å². The zero-order valence-electron chi connectivity index (χ0n) is 4.58. The molecule has 1 nitrogen and oxygen atoms in total. The Bertz CT molecular complexity index is 130. The summed E-state index contributed by atoms with van der Waals surface area (Å²) in [7, 11) is 0. The molecule has 6 heteroatoms. The Balaban J connectivity index is 3.81. The summed E-state index contributed by atoms with van der Waals surface area (Å²) in [5.41, 5.74) is -2.55. The zero-order chi connectivity index (χ0) is 8.36. The highest BCUT2D eigenvalue weighted by atomic mass is 35.5. The number of Topliss-reactive ketones (excluding diaryl/α,β-unsaturated/α-hetero) is 1. The van der Waals surface area contributed by atoms with Gasteiger partial charge in [0.15, 0.2) is 5.78 Å². The van der Waals surface area contributed by atoms with Crippen LogP contribution in [0, 0.1) is 0 Å². The van der Waals surface area contributed by atoms with Crippen molar-refractivity contribution in [3.05, 3.63) is 0 Å². The minimum atomic E-state index is -4.67. The fourth-order valence-electron chi connectivity index (χ4n) is 0.275. The van der Waals surface area contributed by atoms with Crippen LogP contribution in [0.1, 0.15) is 6.42 Å². The normalized spacial score (nSPS) is 14.9. The third-order valence-electron chi connectivity index (χ3n) is 0.618. The molecule has 0 spiro atoms. The van der Waals surface area contributed by atoms with Gasteiger partial charge in [0.25, 0.3) is 0 Å². The average molecular weight is 179 g/mol. The first-order chi connectivity index (χ1) is 4.33. The van der Waals surface area contributed by atoms with Crippen LogP contribution in [0.25, 0.3) is 0 Å². The third-order valence-corrected chi connectivity index (χ3v) is 0.861. The molecule has 0 N–H and O–H groups in total. The second-order valence-corrected chi connectivity index (χ2v) is 1.94. The van der Waals surface area contributed by atoms with Gasteiger partial charge in [0, 0.05) is 0 Å². The number of halogens is 5. The van der Waals surface area contributed by atoms with Crippen LogP contribution in [0.2, 0.25) is 0 Å². The lowest BCUT2D eigenvalue weighted by atomic mass is 10.3. The van der Waals surface area contributed by atoms with Gasteiger partial charge in [-0.2, -0.15) is 13.2 Å². The van der Waals surface area contributed by atoms with Gasteiger partial charge in [0.1, 0.15) is 6.42 Å². The summed E-state index contributed by atoms with van der Waals surface area (Å²) in [5.74, 6) is -1.66. The summed E-state index contributed by atoms with van der Waals surface area (Å²) in [6, 6.07) is 0. The zero-order valence-corrected chi connectivity index (χ0v) is 5.34. The molecule has 0 aliphatic carbocycles. The van der Waals surface area contributed by atoms with Gasteiger partial charge in [-0.15, -0.1) is 0 Å². The van der Waals surface area contributed by atoms with Gasteiger partial charge >= 0.3 is 6.18 Å². The lowest BCUT2D eigenvalue weighted by molar-refractivity contribution is -0.153. The van der Waals surface area contributed by atoms with Crippen molar-refractivity contribution in [2.45, 2.75) is 18.2 Å². The average Bonchev–Trinajstić information content (AvgIpc) is 1.60. The first-order valence-electron chi connectivity index (χ1n) is 2.20. The van der Waals surface area contributed by atoms with Gasteiger partial charge < -0.3 is 0 Å². The van der Waals surface area contributed by atoms with E-state index in [4.69, 9.17) is 0 Å². The summed E-state index contributed by atoms with van der Waals surface area (Å²) in [5, 5.41) is 0. The summed E-state index contributed by atoms with van der Waals surface area (Å²) < 4.78 is 45.2. The molecule has 10 heavy (non-hydrogen) atoms. The number of carbonyl (C=O) groups excluding carboxylic acids is 1. The Morgan fingerprint density at radius 3 is 2.00 bits per heavy atom. The molecule has 0 aromatic carbocycles. The molecule has 0 saturated carbocycles. The maximum atomic E-state index is 11.5. The van der Waals surface area contributed by atoms with Crippen LogP contribution < -0.4 is 0 Å². The Kier molecular flexibility index (Phi) is 3.08. The van der Waals surface area contributed by atoms with E-state index in [0.29, 0.717) is 0 Å². The number of hydrogen-bond acceptors (Lipinski definition) is 1. The third kappa shape index (κ3) is 4.55. The van der Waals surface area contributed by atoms with E-state index in [-0.39, 0.29) is 0 Å². The standard InChI is InChI=1S/C4H3ClF4O/c5-3(6)2(10)1-4(7,8)9/h3H,1H2. The number of carbonyl (C=O) groups is 1. The van der Waals surface area contributed by atoms with Crippen molar-refractivity contribution in [3.63, 3.8) is 0 Å². The maximum absolute atomic E-state index is 11.5. The number of ketones is 1. The highest BCUT2D eigenvalue weighted by Gasteiger charge is 2.33. The first kappa shape index (κ1) is 9.68. The van der Waals surface area contributed by atoms with Crippen molar-refractivity contribution < 1.29 is 22.4 Å². The first-order valence-corrected chi connectivity index (χ1v) is 2.64. The predicted octanol–water partition coefficient (Wildman–Crippen LogP) is 2.04. The molecule has 0 aliphatic heterocycles. The molecule has 0 fully saturated rings. The molecule has 0 amide bonds. The van der Waals surface area contributed by atoms with E-state index in [1.54, 1.807) is 0 Å². The monoisotopic (exact) mass is 178 g/mol. The van der Waals surface area contributed by atoms with Crippen LogP contribution in [0.15, 0.2) is 0 Å². The van der Waals surface area contributed by atoms with Gasteiger partial charge in [0.05, 0.1) is 0 Å². The highest BCUT2D eigenvalue weighted by Crippen LogP contribution is 2.21. The van der Waals surface area contributed by atoms with Gasteiger partial charge in [-0.3, -0.25) is 4.79 Å². The van der Waals surface area contributed by atoms with Crippen LogP contribution in [0.3, 0.4) is 0 Å². The smallest absolute Gasteiger partial charge is 0.295 e. The van der Waals surface area contributed by atoms with Crippen molar-refractivity contribution in [3.8, 4) is 0 Å². The molecule has 1 atom stereocenters. The fourth-order valence-corrected chi connectivity index (χ4v) is 0.352. The van der Waals surface area contributed by atoms with Gasteiger partial charge in [-0.1, -0.05) is 11.6 Å². The number of alkyl halides is 5. The number of hydrogen-bond donors (Lipinski definition) is 0. The molecule has 0 heterocycles. The summed E-state index contributed by atoms with van der Waals surface area (Å²) in [4.78, 5) is 9.93. The van der Waals surface area contributed by atoms with E-state index in [2.05, 4.69) is 11.6 Å².